The molecule has 7 nitrogen and oxygen atoms in total. The second-order valence-electron chi connectivity index (χ2n) is 5.42. The number of piperazine rings is 1. The van der Waals surface area contributed by atoms with Crippen molar-refractivity contribution in [3.8, 4) is 6.07 Å². The van der Waals surface area contributed by atoms with Crippen molar-refractivity contribution in [1.29, 1.82) is 5.26 Å². The molecule has 24 heavy (non-hydrogen) atoms. The number of hydrogen-bond acceptors (Lipinski definition) is 6. The Morgan fingerprint density at radius 3 is 2.54 bits per heavy atom. The fraction of sp³-hybridized carbons (Fsp3) is 0.294. The van der Waals surface area contributed by atoms with Gasteiger partial charge in [0.1, 0.15) is 6.07 Å². The number of aromatic nitrogens is 2. The summed E-state index contributed by atoms with van der Waals surface area (Å²) in [5.41, 5.74) is 1.38. The number of nitriles is 1. The summed E-state index contributed by atoms with van der Waals surface area (Å²) in [7, 11) is 0. The second kappa shape index (κ2) is 7.42. The van der Waals surface area contributed by atoms with Gasteiger partial charge in [0.15, 0.2) is 11.5 Å². The van der Waals surface area contributed by atoms with Crippen LogP contribution in [0.4, 0.5) is 11.5 Å². The number of carbonyl (C=O) groups excluding carboxylic acids is 1. The van der Waals surface area contributed by atoms with Gasteiger partial charge in [0.25, 0.3) is 0 Å². The number of benzene rings is 1. The molecule has 0 saturated carbocycles. The van der Waals surface area contributed by atoms with Crippen LogP contribution in [-0.4, -0.2) is 53.5 Å². The third kappa shape index (κ3) is 3.60. The zero-order valence-electron chi connectivity index (χ0n) is 13.2. The van der Waals surface area contributed by atoms with Gasteiger partial charge in [-0.3, -0.25) is 4.79 Å². The fourth-order valence-corrected chi connectivity index (χ4v) is 2.67. The lowest BCUT2D eigenvalue weighted by atomic mass is 10.2. The van der Waals surface area contributed by atoms with Crippen LogP contribution in [0, 0.1) is 11.3 Å². The molecule has 1 aliphatic rings. The first kappa shape index (κ1) is 15.7. The summed E-state index contributed by atoms with van der Waals surface area (Å²) >= 11 is 0. The van der Waals surface area contributed by atoms with E-state index < -0.39 is 0 Å². The number of carbonyl (C=O) groups is 1. The number of anilines is 2. The van der Waals surface area contributed by atoms with Crippen molar-refractivity contribution in [3.05, 3.63) is 48.4 Å². The van der Waals surface area contributed by atoms with Crippen LogP contribution in [0.3, 0.4) is 0 Å². The number of nitrogens with one attached hydrogen (secondary N) is 1. The Labute approximate surface area is 140 Å². The normalized spacial score (nSPS) is 14.1. The molecule has 0 radical (unpaired) electrons. The van der Waals surface area contributed by atoms with E-state index in [0.29, 0.717) is 18.9 Å². The summed E-state index contributed by atoms with van der Waals surface area (Å²) in [6, 6.07) is 12.1. The monoisotopic (exact) mass is 322 g/mol. The Balaban J connectivity index is 1.51. The van der Waals surface area contributed by atoms with Gasteiger partial charge in [0.05, 0.1) is 6.54 Å². The van der Waals surface area contributed by atoms with Gasteiger partial charge in [0, 0.05) is 44.3 Å². The van der Waals surface area contributed by atoms with Crippen molar-refractivity contribution in [2.24, 2.45) is 0 Å². The summed E-state index contributed by atoms with van der Waals surface area (Å²) in [5.74, 6) is 0.341. The average Bonchev–Trinajstić information content (AvgIpc) is 2.67. The number of para-hydroxylation sites is 1. The van der Waals surface area contributed by atoms with Gasteiger partial charge in [-0.25, -0.2) is 9.97 Å². The predicted molar refractivity (Wildman–Crippen MR) is 90.5 cm³/mol. The molecule has 2 heterocycles. The molecule has 1 aromatic carbocycles. The molecule has 1 fully saturated rings. The Bertz CT molecular complexity index is 734. The molecule has 7 heteroatoms. The van der Waals surface area contributed by atoms with E-state index in [1.54, 1.807) is 0 Å². The van der Waals surface area contributed by atoms with E-state index >= 15 is 0 Å². The first-order valence-electron chi connectivity index (χ1n) is 7.80. The average molecular weight is 322 g/mol. The quantitative estimate of drug-likeness (QED) is 0.907. The van der Waals surface area contributed by atoms with Crippen LogP contribution in [0.1, 0.15) is 5.69 Å². The summed E-state index contributed by atoms with van der Waals surface area (Å²) in [5, 5.41) is 11.9. The molecule has 1 aromatic heterocycles. The lowest BCUT2D eigenvalue weighted by Gasteiger charge is -2.36. The van der Waals surface area contributed by atoms with Crippen LogP contribution in [0.2, 0.25) is 0 Å². The SMILES string of the molecule is N#Cc1nccnc1NCC(=O)N1CCN(c2ccccc2)CC1. The van der Waals surface area contributed by atoms with Crippen LogP contribution in [0.15, 0.2) is 42.7 Å². The van der Waals surface area contributed by atoms with E-state index in [4.69, 9.17) is 5.26 Å². The van der Waals surface area contributed by atoms with E-state index in [1.165, 1.54) is 18.1 Å². The van der Waals surface area contributed by atoms with E-state index in [-0.39, 0.29) is 18.1 Å². The minimum Gasteiger partial charge on any atom is -0.368 e. The van der Waals surface area contributed by atoms with Gasteiger partial charge in [-0.05, 0) is 12.1 Å². The third-order valence-corrected chi connectivity index (χ3v) is 3.96. The predicted octanol–water partition coefficient (Wildman–Crippen LogP) is 1.11. The van der Waals surface area contributed by atoms with Crippen LogP contribution < -0.4 is 10.2 Å². The highest BCUT2D eigenvalue weighted by atomic mass is 16.2. The number of nitrogens with zero attached hydrogens (tertiary/aromatic N) is 5. The van der Waals surface area contributed by atoms with Crippen molar-refractivity contribution < 1.29 is 4.79 Å². The highest BCUT2D eigenvalue weighted by Crippen LogP contribution is 2.15. The minimum atomic E-state index is -0.00254. The minimum absolute atomic E-state index is 0.00254. The number of rotatable bonds is 4. The summed E-state index contributed by atoms with van der Waals surface area (Å²) in [6.45, 7) is 3.09. The van der Waals surface area contributed by atoms with Crippen LogP contribution >= 0.6 is 0 Å². The van der Waals surface area contributed by atoms with Gasteiger partial charge in [0.2, 0.25) is 5.91 Å². The number of hydrogen-bond donors (Lipinski definition) is 1. The van der Waals surface area contributed by atoms with E-state index in [0.717, 1.165) is 13.1 Å². The summed E-state index contributed by atoms with van der Waals surface area (Å²) < 4.78 is 0. The van der Waals surface area contributed by atoms with Gasteiger partial charge < -0.3 is 15.1 Å². The smallest absolute Gasteiger partial charge is 0.242 e. The summed E-state index contributed by atoms with van der Waals surface area (Å²) in [6.07, 6.45) is 2.95. The number of amides is 1. The third-order valence-electron chi connectivity index (χ3n) is 3.96. The molecular formula is C17H18N6O. The van der Waals surface area contributed by atoms with E-state index in [9.17, 15) is 4.79 Å². The molecule has 0 bridgehead atoms. The lowest BCUT2D eigenvalue weighted by molar-refractivity contribution is -0.129. The molecule has 1 amide bonds. The summed E-state index contributed by atoms with van der Waals surface area (Å²) in [4.78, 5) is 24.4. The molecular weight excluding hydrogens is 304 g/mol. The Kier molecular flexibility index (Phi) is 4.87. The zero-order chi connectivity index (χ0) is 16.8. The van der Waals surface area contributed by atoms with Crippen molar-refractivity contribution in [1.82, 2.24) is 14.9 Å². The van der Waals surface area contributed by atoms with Crippen molar-refractivity contribution in [2.45, 2.75) is 0 Å². The van der Waals surface area contributed by atoms with Gasteiger partial charge >= 0.3 is 0 Å². The molecule has 0 aliphatic carbocycles. The van der Waals surface area contributed by atoms with Crippen molar-refractivity contribution >= 4 is 17.4 Å². The van der Waals surface area contributed by atoms with Crippen LogP contribution in [-0.2, 0) is 4.79 Å². The molecule has 3 rings (SSSR count). The molecule has 0 unspecified atom stereocenters. The molecule has 1 N–H and O–H groups in total. The maximum absolute atomic E-state index is 12.3. The molecule has 1 aliphatic heterocycles. The first-order chi connectivity index (χ1) is 11.8. The largest absolute Gasteiger partial charge is 0.368 e. The maximum Gasteiger partial charge on any atom is 0.242 e. The Morgan fingerprint density at radius 1 is 1.12 bits per heavy atom. The van der Waals surface area contributed by atoms with Gasteiger partial charge in [-0.15, -0.1) is 0 Å². The standard InChI is InChI=1S/C17H18N6O/c18-12-15-17(20-7-6-19-15)21-13-16(24)23-10-8-22(9-11-23)14-4-2-1-3-5-14/h1-7H,8-11,13H2,(H,20,21). The zero-order valence-corrected chi connectivity index (χ0v) is 13.2. The van der Waals surface area contributed by atoms with Crippen LogP contribution in [0.5, 0.6) is 0 Å². The lowest BCUT2D eigenvalue weighted by Crippen LogP contribution is -2.50. The first-order valence-corrected chi connectivity index (χ1v) is 7.80. The van der Waals surface area contributed by atoms with E-state index in [2.05, 4.69) is 32.3 Å². The van der Waals surface area contributed by atoms with Crippen LogP contribution in [0.25, 0.3) is 0 Å². The van der Waals surface area contributed by atoms with Gasteiger partial charge in [-0.2, -0.15) is 5.26 Å². The topological polar surface area (TPSA) is 85.1 Å². The maximum atomic E-state index is 12.3. The Morgan fingerprint density at radius 2 is 1.83 bits per heavy atom. The molecule has 0 atom stereocenters. The molecule has 1 saturated heterocycles. The molecule has 0 spiro atoms. The van der Waals surface area contributed by atoms with Crippen molar-refractivity contribution in [2.75, 3.05) is 42.9 Å². The fourth-order valence-electron chi connectivity index (χ4n) is 2.67. The Hall–Kier alpha value is -3.14. The highest BCUT2D eigenvalue weighted by Gasteiger charge is 2.21. The second-order valence-corrected chi connectivity index (χ2v) is 5.42. The van der Waals surface area contributed by atoms with E-state index in [1.807, 2.05) is 29.2 Å². The molecule has 2 aromatic rings. The van der Waals surface area contributed by atoms with Gasteiger partial charge in [-0.1, -0.05) is 18.2 Å². The van der Waals surface area contributed by atoms with Crippen molar-refractivity contribution in [3.63, 3.8) is 0 Å². The molecule has 122 valence electrons. The highest BCUT2D eigenvalue weighted by molar-refractivity contribution is 5.81.